The van der Waals surface area contributed by atoms with E-state index in [0.29, 0.717) is 11.8 Å². The molecule has 3 nitrogen and oxygen atoms in total. The third-order valence-electron chi connectivity index (χ3n) is 1.78. The van der Waals surface area contributed by atoms with Crippen LogP contribution in [0.1, 0.15) is 23.3 Å². The van der Waals surface area contributed by atoms with E-state index in [-0.39, 0.29) is 0 Å². The summed E-state index contributed by atoms with van der Waals surface area (Å²) < 4.78 is 6.52. The molecule has 0 aliphatic heterocycles. The molecule has 1 heterocycles. The molecule has 0 aromatic carbocycles. The molecular weight excluding hydrogens is 281 g/mol. The smallest absolute Gasteiger partial charge is 0.168 e. The van der Waals surface area contributed by atoms with Crippen LogP contribution in [0.3, 0.4) is 0 Å². The molecule has 0 N–H and O–H groups in total. The second-order valence-electron chi connectivity index (χ2n) is 2.97. The summed E-state index contributed by atoms with van der Waals surface area (Å²) in [6.45, 7) is 0. The Balaban J connectivity index is 2.20. The van der Waals surface area contributed by atoms with Gasteiger partial charge in [-0.15, -0.1) is 0 Å². The molecule has 13 heavy (non-hydrogen) atoms. The molecule has 4 heteroatoms. The number of nitrogens with zero attached hydrogens (tertiary/aromatic N) is 1. The molecule has 1 saturated carbocycles. The molecule has 0 bridgehead atoms. The van der Waals surface area contributed by atoms with Gasteiger partial charge in [-0.2, -0.15) is 0 Å². The maximum atomic E-state index is 10.4. The van der Waals surface area contributed by atoms with Gasteiger partial charge in [-0.05, 0) is 41.5 Å². The second kappa shape index (κ2) is 3.61. The van der Waals surface area contributed by atoms with Crippen LogP contribution in [0.2, 0.25) is 0 Å². The zero-order valence-electron chi connectivity index (χ0n) is 6.87. The van der Waals surface area contributed by atoms with Crippen LogP contribution >= 0.6 is 22.6 Å². The lowest BCUT2D eigenvalue weighted by Crippen LogP contribution is -1.99. The van der Waals surface area contributed by atoms with Crippen LogP contribution in [0.15, 0.2) is 12.3 Å². The Bertz CT molecular complexity index is 336. The van der Waals surface area contributed by atoms with Gasteiger partial charge in [0.2, 0.25) is 0 Å². The lowest BCUT2D eigenvalue weighted by molar-refractivity contribution is 0.111. The largest absolute Gasteiger partial charge is 0.488 e. The number of ether oxygens (including phenoxy) is 1. The number of carbonyl (C=O) groups excluding carboxylic acids is 1. The molecule has 1 aliphatic carbocycles. The molecule has 1 aromatic rings. The number of carbonyl (C=O) groups is 1. The lowest BCUT2D eigenvalue weighted by Gasteiger charge is -2.05. The number of hydrogen-bond donors (Lipinski definition) is 0. The van der Waals surface area contributed by atoms with Crippen LogP contribution in [0.4, 0.5) is 0 Å². The minimum atomic E-state index is 0.373. The van der Waals surface area contributed by atoms with Crippen molar-refractivity contribution in [3.05, 3.63) is 21.5 Å². The topological polar surface area (TPSA) is 39.2 Å². The fourth-order valence-electron chi connectivity index (χ4n) is 0.950. The Morgan fingerprint density at radius 2 is 2.38 bits per heavy atom. The Hall–Kier alpha value is -0.650. The van der Waals surface area contributed by atoms with E-state index in [9.17, 15) is 4.79 Å². The maximum absolute atomic E-state index is 10.4. The molecule has 1 fully saturated rings. The molecule has 0 unspecified atom stereocenters. The second-order valence-corrected chi connectivity index (χ2v) is 4.14. The Kier molecular flexibility index (Phi) is 2.48. The third-order valence-corrected chi connectivity index (χ3v) is 2.62. The highest BCUT2D eigenvalue weighted by atomic mass is 127. The Morgan fingerprint density at radius 3 is 2.92 bits per heavy atom. The van der Waals surface area contributed by atoms with E-state index in [4.69, 9.17) is 4.74 Å². The highest BCUT2D eigenvalue weighted by molar-refractivity contribution is 14.1. The minimum absolute atomic E-state index is 0.373. The summed E-state index contributed by atoms with van der Waals surface area (Å²) in [6, 6.07) is 1.73. The quantitative estimate of drug-likeness (QED) is 0.631. The van der Waals surface area contributed by atoms with E-state index in [1.165, 1.54) is 0 Å². The molecule has 1 aromatic heterocycles. The van der Waals surface area contributed by atoms with Crippen molar-refractivity contribution in [1.82, 2.24) is 4.98 Å². The lowest BCUT2D eigenvalue weighted by atomic mass is 10.4. The standard InChI is InChI=1S/C9H8INO2/c10-8-3-6(5-12)11-4-9(8)13-7-1-2-7/h3-5,7H,1-2H2. The van der Waals surface area contributed by atoms with Gasteiger partial charge in [-0.3, -0.25) is 4.79 Å². The van der Waals surface area contributed by atoms with E-state index < -0.39 is 0 Å². The molecule has 0 saturated heterocycles. The number of halogens is 1. The molecule has 1 aliphatic rings. The van der Waals surface area contributed by atoms with Gasteiger partial charge < -0.3 is 4.74 Å². The molecule has 68 valence electrons. The fraction of sp³-hybridized carbons (Fsp3) is 0.333. The normalized spacial score (nSPS) is 15.5. The number of pyridine rings is 1. The average molecular weight is 289 g/mol. The van der Waals surface area contributed by atoms with Gasteiger partial charge in [0.25, 0.3) is 0 Å². The van der Waals surface area contributed by atoms with Crippen LogP contribution in [0, 0.1) is 3.57 Å². The number of hydrogen-bond acceptors (Lipinski definition) is 3. The zero-order valence-corrected chi connectivity index (χ0v) is 9.02. The Morgan fingerprint density at radius 1 is 1.62 bits per heavy atom. The van der Waals surface area contributed by atoms with Crippen LogP contribution < -0.4 is 4.74 Å². The summed E-state index contributed by atoms with van der Waals surface area (Å²) in [5.41, 5.74) is 0.451. The van der Waals surface area contributed by atoms with Gasteiger partial charge in [-0.1, -0.05) is 0 Å². The summed E-state index contributed by atoms with van der Waals surface area (Å²) in [4.78, 5) is 14.3. The molecule has 0 radical (unpaired) electrons. The first-order valence-corrected chi connectivity index (χ1v) is 5.15. The van der Waals surface area contributed by atoms with Gasteiger partial charge >= 0.3 is 0 Å². The van der Waals surface area contributed by atoms with Crippen molar-refractivity contribution >= 4 is 28.9 Å². The first-order valence-electron chi connectivity index (χ1n) is 4.07. The van der Waals surface area contributed by atoms with E-state index in [1.54, 1.807) is 12.3 Å². The van der Waals surface area contributed by atoms with E-state index in [2.05, 4.69) is 27.6 Å². The predicted molar refractivity (Wildman–Crippen MR) is 56.0 cm³/mol. The molecule has 0 atom stereocenters. The summed E-state index contributed by atoms with van der Waals surface area (Å²) in [6.07, 6.45) is 4.99. The van der Waals surface area contributed by atoms with Gasteiger partial charge in [0.15, 0.2) is 12.0 Å². The monoisotopic (exact) mass is 289 g/mol. The maximum Gasteiger partial charge on any atom is 0.168 e. The van der Waals surface area contributed by atoms with Gasteiger partial charge in [0, 0.05) is 0 Å². The predicted octanol–water partition coefficient (Wildman–Crippen LogP) is 2.04. The highest BCUT2D eigenvalue weighted by Gasteiger charge is 2.24. The third kappa shape index (κ3) is 2.18. The van der Waals surface area contributed by atoms with Crippen molar-refractivity contribution in [2.24, 2.45) is 0 Å². The first-order chi connectivity index (χ1) is 6.29. The fourth-order valence-corrected chi connectivity index (χ4v) is 1.54. The van der Waals surface area contributed by atoms with Gasteiger partial charge in [-0.25, -0.2) is 4.98 Å². The molecular formula is C9H8INO2. The minimum Gasteiger partial charge on any atom is -0.488 e. The zero-order chi connectivity index (χ0) is 9.26. The number of aldehydes is 1. The summed E-state index contributed by atoms with van der Waals surface area (Å²) in [7, 11) is 0. The molecule has 2 rings (SSSR count). The van der Waals surface area contributed by atoms with Crippen LogP contribution in [-0.4, -0.2) is 17.4 Å². The Labute approximate surface area is 89.6 Å². The number of aromatic nitrogens is 1. The van der Waals surface area contributed by atoms with E-state index in [1.807, 2.05) is 0 Å². The average Bonchev–Trinajstić information content (AvgIpc) is 2.92. The van der Waals surface area contributed by atoms with Crippen molar-refractivity contribution < 1.29 is 9.53 Å². The van der Waals surface area contributed by atoms with Crippen molar-refractivity contribution in [1.29, 1.82) is 0 Å². The summed E-state index contributed by atoms with van der Waals surface area (Å²) in [5, 5.41) is 0. The van der Waals surface area contributed by atoms with Crippen LogP contribution in [-0.2, 0) is 0 Å². The van der Waals surface area contributed by atoms with Crippen molar-refractivity contribution in [3.8, 4) is 5.75 Å². The summed E-state index contributed by atoms with van der Waals surface area (Å²) in [5.74, 6) is 0.786. The number of rotatable bonds is 3. The molecule has 0 amide bonds. The van der Waals surface area contributed by atoms with E-state index >= 15 is 0 Å². The van der Waals surface area contributed by atoms with Crippen LogP contribution in [0.5, 0.6) is 5.75 Å². The van der Waals surface area contributed by atoms with Gasteiger partial charge in [0.1, 0.15) is 5.69 Å². The van der Waals surface area contributed by atoms with Crippen LogP contribution in [0.25, 0.3) is 0 Å². The molecule has 0 spiro atoms. The van der Waals surface area contributed by atoms with Crippen molar-refractivity contribution in [2.45, 2.75) is 18.9 Å². The first kappa shape index (κ1) is 8.93. The highest BCUT2D eigenvalue weighted by Crippen LogP contribution is 2.29. The van der Waals surface area contributed by atoms with Gasteiger partial charge in [0.05, 0.1) is 15.9 Å². The van der Waals surface area contributed by atoms with Crippen molar-refractivity contribution in [3.63, 3.8) is 0 Å². The van der Waals surface area contributed by atoms with E-state index in [0.717, 1.165) is 28.4 Å². The summed E-state index contributed by atoms with van der Waals surface area (Å²) >= 11 is 2.15. The van der Waals surface area contributed by atoms with Crippen molar-refractivity contribution in [2.75, 3.05) is 0 Å². The SMILES string of the molecule is O=Cc1cc(I)c(OC2CC2)cn1.